The van der Waals surface area contributed by atoms with Gasteiger partial charge in [0.2, 0.25) is 0 Å². The van der Waals surface area contributed by atoms with Crippen LogP contribution in [0.25, 0.3) is 0 Å². The molecule has 0 aromatic heterocycles. The number of rotatable bonds is 3. The highest BCUT2D eigenvalue weighted by Crippen LogP contribution is 2.47. The van der Waals surface area contributed by atoms with Gasteiger partial charge in [-0.2, -0.15) is 0 Å². The van der Waals surface area contributed by atoms with Gasteiger partial charge in [0, 0.05) is 0 Å². The third-order valence-electron chi connectivity index (χ3n) is 2.95. The summed E-state index contributed by atoms with van der Waals surface area (Å²) in [6.07, 6.45) is 4.22. The Bertz CT molecular complexity index is 324. The van der Waals surface area contributed by atoms with Crippen molar-refractivity contribution in [1.29, 1.82) is 0 Å². The van der Waals surface area contributed by atoms with Crippen molar-refractivity contribution in [2.75, 3.05) is 0 Å². The third kappa shape index (κ3) is 1.28. The van der Waals surface area contributed by atoms with E-state index in [1.54, 1.807) is 0 Å². The van der Waals surface area contributed by atoms with Gasteiger partial charge in [0.1, 0.15) is 6.29 Å². The second kappa shape index (κ2) is 2.99. The minimum Gasteiger partial charge on any atom is -0.302 e. The van der Waals surface area contributed by atoms with Crippen LogP contribution in [0.1, 0.15) is 30.9 Å². The molecule has 1 aromatic carbocycles. The highest BCUT2D eigenvalue weighted by Gasteiger charge is 2.45. The van der Waals surface area contributed by atoms with Crippen LogP contribution in [0.5, 0.6) is 0 Å². The van der Waals surface area contributed by atoms with E-state index < -0.39 is 0 Å². The van der Waals surface area contributed by atoms with E-state index in [0.717, 1.165) is 25.5 Å². The lowest BCUT2D eigenvalue weighted by atomic mass is 9.91. The molecule has 0 heterocycles. The Morgan fingerprint density at radius 2 is 2.08 bits per heavy atom. The van der Waals surface area contributed by atoms with Crippen molar-refractivity contribution in [3.8, 4) is 0 Å². The number of hydrogen-bond acceptors (Lipinski definition) is 1. The molecular weight excluding hydrogens is 160 g/mol. The van der Waals surface area contributed by atoms with Crippen molar-refractivity contribution in [3.05, 3.63) is 35.4 Å². The lowest BCUT2D eigenvalue weighted by Crippen LogP contribution is -2.10. The molecule has 1 heteroatoms. The predicted octanol–water partition coefficient (Wildman–Crippen LogP) is 2.48. The van der Waals surface area contributed by atoms with E-state index in [9.17, 15) is 4.79 Å². The van der Waals surface area contributed by atoms with Crippen LogP contribution < -0.4 is 0 Å². The predicted molar refractivity (Wildman–Crippen MR) is 52.8 cm³/mol. The zero-order valence-electron chi connectivity index (χ0n) is 7.92. The molecule has 1 nitrogen and oxygen atoms in total. The van der Waals surface area contributed by atoms with Crippen molar-refractivity contribution in [1.82, 2.24) is 0 Å². The fourth-order valence-electron chi connectivity index (χ4n) is 1.90. The molecule has 1 fully saturated rings. The topological polar surface area (TPSA) is 17.1 Å². The monoisotopic (exact) mass is 174 g/mol. The van der Waals surface area contributed by atoms with Gasteiger partial charge in [0.05, 0.1) is 5.41 Å². The van der Waals surface area contributed by atoms with Gasteiger partial charge in [-0.05, 0) is 30.4 Å². The van der Waals surface area contributed by atoms with Gasteiger partial charge in [-0.15, -0.1) is 0 Å². The molecule has 1 saturated carbocycles. The second-order valence-electron chi connectivity index (χ2n) is 3.78. The molecule has 0 N–H and O–H groups in total. The molecule has 13 heavy (non-hydrogen) atoms. The molecule has 1 aliphatic carbocycles. The molecule has 0 amide bonds. The third-order valence-corrected chi connectivity index (χ3v) is 2.95. The Labute approximate surface area is 78.8 Å². The van der Waals surface area contributed by atoms with Crippen LogP contribution in [-0.2, 0) is 16.6 Å². The summed E-state index contributed by atoms with van der Waals surface area (Å²) in [4.78, 5) is 11.0. The lowest BCUT2D eigenvalue weighted by Gasteiger charge is -2.12. The van der Waals surface area contributed by atoms with E-state index in [1.807, 2.05) is 12.1 Å². The maximum absolute atomic E-state index is 11.0. The number of benzene rings is 1. The minimum atomic E-state index is -0.105. The van der Waals surface area contributed by atoms with Gasteiger partial charge >= 0.3 is 0 Å². The van der Waals surface area contributed by atoms with Crippen LogP contribution in [0.2, 0.25) is 0 Å². The van der Waals surface area contributed by atoms with Crippen molar-refractivity contribution in [3.63, 3.8) is 0 Å². The van der Waals surface area contributed by atoms with E-state index in [4.69, 9.17) is 0 Å². The Morgan fingerprint density at radius 1 is 1.38 bits per heavy atom. The quantitative estimate of drug-likeness (QED) is 0.643. The number of carbonyl (C=O) groups is 1. The van der Waals surface area contributed by atoms with E-state index in [-0.39, 0.29) is 5.41 Å². The SMILES string of the molecule is CCc1ccccc1C1(C=O)CC1. The summed E-state index contributed by atoms with van der Waals surface area (Å²) in [5.74, 6) is 0. The largest absolute Gasteiger partial charge is 0.302 e. The smallest absolute Gasteiger partial charge is 0.130 e. The highest BCUT2D eigenvalue weighted by atomic mass is 16.1. The van der Waals surface area contributed by atoms with E-state index >= 15 is 0 Å². The molecule has 1 aliphatic rings. The van der Waals surface area contributed by atoms with E-state index in [2.05, 4.69) is 19.1 Å². The van der Waals surface area contributed by atoms with Crippen LogP contribution in [0.3, 0.4) is 0 Å². The Balaban J connectivity index is 2.44. The summed E-state index contributed by atoms with van der Waals surface area (Å²) in [6.45, 7) is 2.14. The number of aldehydes is 1. The van der Waals surface area contributed by atoms with Gasteiger partial charge in [-0.3, -0.25) is 0 Å². The molecule has 0 spiro atoms. The summed E-state index contributed by atoms with van der Waals surface area (Å²) in [7, 11) is 0. The fourth-order valence-corrected chi connectivity index (χ4v) is 1.90. The average molecular weight is 174 g/mol. The summed E-state index contributed by atoms with van der Waals surface area (Å²) in [5, 5.41) is 0. The molecule has 0 unspecified atom stereocenters. The Hall–Kier alpha value is -1.11. The maximum Gasteiger partial charge on any atom is 0.130 e. The van der Waals surface area contributed by atoms with Gasteiger partial charge < -0.3 is 4.79 Å². The van der Waals surface area contributed by atoms with Crippen molar-refractivity contribution < 1.29 is 4.79 Å². The summed E-state index contributed by atoms with van der Waals surface area (Å²) in [5.41, 5.74) is 2.48. The van der Waals surface area contributed by atoms with Crippen LogP contribution in [-0.4, -0.2) is 6.29 Å². The van der Waals surface area contributed by atoms with Crippen molar-refractivity contribution >= 4 is 6.29 Å². The minimum absolute atomic E-state index is 0.105. The second-order valence-corrected chi connectivity index (χ2v) is 3.78. The van der Waals surface area contributed by atoms with Crippen LogP contribution in [0.4, 0.5) is 0 Å². The molecular formula is C12H14O. The molecule has 0 bridgehead atoms. The van der Waals surface area contributed by atoms with Crippen LogP contribution in [0, 0.1) is 0 Å². The average Bonchev–Trinajstić information content (AvgIpc) is 2.98. The lowest BCUT2D eigenvalue weighted by molar-refractivity contribution is -0.109. The fraction of sp³-hybridized carbons (Fsp3) is 0.417. The van der Waals surface area contributed by atoms with Crippen LogP contribution >= 0.6 is 0 Å². The Morgan fingerprint density at radius 3 is 2.62 bits per heavy atom. The van der Waals surface area contributed by atoms with Crippen LogP contribution in [0.15, 0.2) is 24.3 Å². The normalized spacial score (nSPS) is 18.2. The van der Waals surface area contributed by atoms with Gasteiger partial charge in [0.25, 0.3) is 0 Å². The number of aryl methyl sites for hydroxylation is 1. The Kier molecular flexibility index (Phi) is 1.95. The first-order valence-electron chi connectivity index (χ1n) is 4.87. The first-order chi connectivity index (χ1) is 6.32. The maximum atomic E-state index is 11.0. The summed E-state index contributed by atoms with van der Waals surface area (Å²) >= 11 is 0. The van der Waals surface area contributed by atoms with Gasteiger partial charge in [-0.25, -0.2) is 0 Å². The molecule has 2 rings (SSSR count). The van der Waals surface area contributed by atoms with Gasteiger partial charge in [-0.1, -0.05) is 31.2 Å². The first-order valence-corrected chi connectivity index (χ1v) is 4.87. The first kappa shape index (κ1) is 8.49. The molecule has 0 saturated heterocycles. The molecule has 1 aromatic rings. The van der Waals surface area contributed by atoms with E-state index in [0.29, 0.717) is 0 Å². The zero-order chi connectivity index (χ0) is 9.31. The molecule has 0 aliphatic heterocycles. The van der Waals surface area contributed by atoms with Gasteiger partial charge in [0.15, 0.2) is 0 Å². The molecule has 0 atom stereocenters. The number of carbonyl (C=O) groups excluding carboxylic acids is 1. The van der Waals surface area contributed by atoms with E-state index in [1.165, 1.54) is 11.1 Å². The highest BCUT2D eigenvalue weighted by molar-refractivity contribution is 5.74. The summed E-state index contributed by atoms with van der Waals surface area (Å²) in [6, 6.07) is 8.29. The van der Waals surface area contributed by atoms with Crippen molar-refractivity contribution in [2.24, 2.45) is 0 Å². The van der Waals surface area contributed by atoms with Crippen molar-refractivity contribution in [2.45, 2.75) is 31.6 Å². The zero-order valence-corrected chi connectivity index (χ0v) is 7.92. The number of hydrogen-bond donors (Lipinski definition) is 0. The molecule has 68 valence electrons. The standard InChI is InChI=1S/C12H14O/c1-2-10-5-3-4-6-11(10)12(9-13)7-8-12/h3-6,9H,2,7-8H2,1H3. The summed E-state index contributed by atoms with van der Waals surface area (Å²) < 4.78 is 0. The molecule has 0 radical (unpaired) electrons.